The standard InChI is InChI=1S/C4H8O4/c1-4(2)7-8-6-3-5/h3-4H,1-2H3. The van der Waals surface area contributed by atoms with E-state index in [0.717, 1.165) is 0 Å². The van der Waals surface area contributed by atoms with E-state index in [4.69, 9.17) is 0 Å². The van der Waals surface area contributed by atoms with E-state index in [9.17, 15) is 4.79 Å². The normalized spacial score (nSPS) is 9.38. The highest BCUT2D eigenvalue weighted by Gasteiger charge is 1.91. The Kier molecular flexibility index (Phi) is 4.20. The average Bonchev–Trinajstić information content (AvgIpc) is 1.66. The van der Waals surface area contributed by atoms with Crippen LogP contribution in [0.5, 0.6) is 0 Å². The van der Waals surface area contributed by atoms with Crippen molar-refractivity contribution >= 4 is 6.47 Å². The maximum Gasteiger partial charge on any atom is 0.334 e. The van der Waals surface area contributed by atoms with E-state index < -0.39 is 0 Å². The minimum absolute atomic E-state index is 0.102. The van der Waals surface area contributed by atoms with Crippen molar-refractivity contribution in [3.63, 3.8) is 0 Å². The maximum atomic E-state index is 9.36. The topological polar surface area (TPSA) is 44.8 Å². The van der Waals surface area contributed by atoms with Gasteiger partial charge in [0.05, 0.1) is 6.10 Å². The molecule has 0 saturated carbocycles. The first-order valence-corrected chi connectivity index (χ1v) is 2.20. The van der Waals surface area contributed by atoms with Gasteiger partial charge in [-0.05, 0) is 18.9 Å². The first-order valence-electron chi connectivity index (χ1n) is 2.20. The molecule has 0 spiro atoms. The van der Waals surface area contributed by atoms with Gasteiger partial charge in [0.25, 0.3) is 0 Å². The monoisotopic (exact) mass is 120 g/mol. The first kappa shape index (κ1) is 7.39. The Morgan fingerprint density at radius 2 is 2.12 bits per heavy atom. The van der Waals surface area contributed by atoms with Gasteiger partial charge in [0, 0.05) is 0 Å². The molecule has 0 aromatic carbocycles. The summed E-state index contributed by atoms with van der Waals surface area (Å²) < 4.78 is 0. The summed E-state index contributed by atoms with van der Waals surface area (Å²) >= 11 is 0. The van der Waals surface area contributed by atoms with Gasteiger partial charge in [-0.3, -0.25) is 9.68 Å². The molecule has 0 amide bonds. The number of hydrogen-bond donors (Lipinski definition) is 0. The molecule has 0 N–H and O–H groups in total. The Morgan fingerprint density at radius 1 is 1.50 bits per heavy atom. The lowest BCUT2D eigenvalue weighted by molar-refractivity contribution is -0.493. The summed E-state index contributed by atoms with van der Waals surface area (Å²) in [5, 5.41) is 3.88. The highest BCUT2D eigenvalue weighted by Crippen LogP contribution is 1.87. The second-order valence-corrected chi connectivity index (χ2v) is 1.41. The van der Waals surface area contributed by atoms with Crippen molar-refractivity contribution in [1.29, 1.82) is 0 Å². The van der Waals surface area contributed by atoms with Gasteiger partial charge in [-0.1, -0.05) is 0 Å². The molecule has 0 aliphatic rings. The highest BCUT2D eigenvalue weighted by molar-refractivity contribution is 5.35. The van der Waals surface area contributed by atoms with E-state index in [1.807, 2.05) is 0 Å². The Hall–Kier alpha value is -0.610. The molecule has 48 valence electrons. The largest absolute Gasteiger partial charge is 0.334 e. The number of carbonyl (C=O) groups is 1. The van der Waals surface area contributed by atoms with Crippen LogP contribution in [0.2, 0.25) is 0 Å². The number of carbonyl (C=O) groups excluding carboxylic acids is 1. The molecule has 4 heteroatoms. The molecule has 0 bridgehead atoms. The maximum absolute atomic E-state index is 9.36. The van der Waals surface area contributed by atoms with Gasteiger partial charge in [-0.25, -0.2) is 0 Å². The zero-order valence-electron chi connectivity index (χ0n) is 4.79. The predicted molar refractivity (Wildman–Crippen MR) is 24.5 cm³/mol. The molecule has 8 heavy (non-hydrogen) atoms. The zero-order valence-corrected chi connectivity index (χ0v) is 4.79. The van der Waals surface area contributed by atoms with Crippen LogP contribution in [0.15, 0.2) is 0 Å². The molecule has 0 unspecified atom stereocenters. The summed E-state index contributed by atoms with van der Waals surface area (Å²) in [6.45, 7) is 3.63. The van der Waals surface area contributed by atoms with Crippen molar-refractivity contribution in [3.05, 3.63) is 0 Å². The van der Waals surface area contributed by atoms with Crippen LogP contribution >= 0.6 is 0 Å². The molecule has 0 atom stereocenters. The van der Waals surface area contributed by atoms with Crippen LogP contribution < -0.4 is 0 Å². The van der Waals surface area contributed by atoms with Gasteiger partial charge in [0.15, 0.2) is 0 Å². The second-order valence-electron chi connectivity index (χ2n) is 1.41. The summed E-state index contributed by atoms with van der Waals surface area (Å²) in [7, 11) is 0. The predicted octanol–water partition coefficient (Wildman–Crippen LogP) is 0.431. The van der Waals surface area contributed by atoms with E-state index in [2.05, 4.69) is 14.8 Å². The third-order valence-electron chi connectivity index (χ3n) is 0.310. The van der Waals surface area contributed by atoms with Gasteiger partial charge in [0.2, 0.25) is 0 Å². The smallest absolute Gasteiger partial charge is 0.272 e. The SMILES string of the molecule is CC(C)OOOC=O. The van der Waals surface area contributed by atoms with Crippen LogP contribution in [-0.2, 0) is 19.6 Å². The molecule has 0 rings (SSSR count). The molecule has 0 aromatic heterocycles. The summed E-state index contributed by atoms with van der Waals surface area (Å²) in [5.74, 6) is 0. The van der Waals surface area contributed by atoms with E-state index in [1.54, 1.807) is 13.8 Å². The molecule has 0 aromatic rings. The van der Waals surface area contributed by atoms with Crippen LogP contribution in [0.1, 0.15) is 13.8 Å². The van der Waals surface area contributed by atoms with Crippen molar-refractivity contribution < 1.29 is 19.6 Å². The van der Waals surface area contributed by atoms with Gasteiger partial charge in [-0.2, -0.15) is 4.89 Å². The summed E-state index contributed by atoms with van der Waals surface area (Å²) in [6.07, 6.45) is -0.102. The second kappa shape index (κ2) is 4.55. The molecule has 4 nitrogen and oxygen atoms in total. The molecule has 0 fully saturated rings. The van der Waals surface area contributed by atoms with Crippen LogP contribution in [0.3, 0.4) is 0 Å². The van der Waals surface area contributed by atoms with E-state index in [0.29, 0.717) is 0 Å². The first-order chi connectivity index (χ1) is 3.77. The van der Waals surface area contributed by atoms with E-state index >= 15 is 0 Å². The quantitative estimate of drug-likeness (QED) is 0.233. The molecular weight excluding hydrogens is 112 g/mol. The molecule has 0 aliphatic carbocycles. The van der Waals surface area contributed by atoms with Crippen LogP contribution in [0.25, 0.3) is 0 Å². The Bertz CT molecular complexity index is 61.1. The lowest BCUT2D eigenvalue weighted by Gasteiger charge is -1.99. The Labute approximate surface area is 47.2 Å². The fourth-order valence-electron chi connectivity index (χ4n) is 0.117. The average molecular weight is 120 g/mol. The Morgan fingerprint density at radius 3 is 2.50 bits per heavy atom. The molecule has 0 saturated heterocycles. The summed E-state index contributed by atoms with van der Waals surface area (Å²) in [6, 6.07) is 0. The van der Waals surface area contributed by atoms with Crippen LogP contribution in [-0.4, -0.2) is 12.6 Å². The van der Waals surface area contributed by atoms with Crippen LogP contribution in [0.4, 0.5) is 0 Å². The van der Waals surface area contributed by atoms with Crippen molar-refractivity contribution in [3.8, 4) is 0 Å². The van der Waals surface area contributed by atoms with Gasteiger partial charge < -0.3 is 0 Å². The molecule has 0 heterocycles. The molecule has 0 radical (unpaired) electrons. The van der Waals surface area contributed by atoms with E-state index in [-0.39, 0.29) is 12.6 Å². The summed E-state index contributed by atoms with van der Waals surface area (Å²) in [5.41, 5.74) is 0. The minimum Gasteiger partial charge on any atom is -0.272 e. The van der Waals surface area contributed by atoms with Crippen LogP contribution in [0, 0.1) is 0 Å². The minimum atomic E-state index is -0.102. The lowest BCUT2D eigenvalue weighted by atomic mass is 10.5. The number of rotatable bonds is 4. The van der Waals surface area contributed by atoms with E-state index in [1.165, 1.54) is 0 Å². The lowest BCUT2D eigenvalue weighted by Crippen LogP contribution is -2.03. The van der Waals surface area contributed by atoms with Gasteiger partial charge in [-0.15, -0.1) is 0 Å². The van der Waals surface area contributed by atoms with Crippen molar-refractivity contribution in [2.45, 2.75) is 20.0 Å². The van der Waals surface area contributed by atoms with Crippen molar-refractivity contribution in [1.82, 2.24) is 0 Å². The highest BCUT2D eigenvalue weighted by atomic mass is 17.5. The number of hydrogen-bond acceptors (Lipinski definition) is 4. The molecular formula is C4H8O4. The van der Waals surface area contributed by atoms with Gasteiger partial charge >= 0.3 is 6.47 Å². The van der Waals surface area contributed by atoms with Crippen molar-refractivity contribution in [2.75, 3.05) is 0 Å². The van der Waals surface area contributed by atoms with Gasteiger partial charge in [0.1, 0.15) is 0 Å². The fraction of sp³-hybridized carbons (Fsp3) is 0.750. The van der Waals surface area contributed by atoms with Crippen molar-refractivity contribution in [2.24, 2.45) is 0 Å². The Balaban J connectivity index is 2.81. The third kappa shape index (κ3) is 5.39. The zero-order chi connectivity index (χ0) is 6.41. The third-order valence-corrected chi connectivity index (χ3v) is 0.310. The summed E-state index contributed by atoms with van der Waals surface area (Å²) in [4.78, 5) is 17.4. The molecule has 0 aliphatic heterocycles. The fourth-order valence-corrected chi connectivity index (χ4v) is 0.117.